The van der Waals surface area contributed by atoms with Crippen molar-refractivity contribution >= 4 is 33.2 Å². The molecule has 0 amide bonds. The fourth-order valence-electron chi connectivity index (χ4n) is 2.78. The summed E-state index contributed by atoms with van der Waals surface area (Å²) >= 11 is 11.6. The van der Waals surface area contributed by atoms with Crippen LogP contribution in [0.2, 0.25) is 10.0 Å². The first-order chi connectivity index (χ1) is 12.1. The first kappa shape index (κ1) is 19.2. The molecule has 0 bridgehead atoms. The molecule has 0 fully saturated rings. The molecule has 1 aliphatic heterocycles. The average Bonchev–Trinajstić information content (AvgIpc) is 2.95. The predicted octanol–water partition coefficient (Wildman–Crippen LogP) is 2.11. The predicted molar refractivity (Wildman–Crippen MR) is 98.7 cm³/mol. The number of halogens is 2. The third kappa shape index (κ3) is 3.34. The second-order valence-corrected chi connectivity index (χ2v) is 9.16. The molecule has 1 atom stereocenters. The van der Waals surface area contributed by atoms with Crippen LogP contribution in [0.4, 0.5) is 0 Å². The second-order valence-electron chi connectivity index (χ2n) is 6.25. The third-order valence-electron chi connectivity index (χ3n) is 4.18. The number of rotatable bonds is 4. The number of ether oxygens (including phenoxy) is 1. The van der Waals surface area contributed by atoms with Crippen molar-refractivity contribution in [3.63, 3.8) is 0 Å². The average molecular weight is 418 g/mol. The highest BCUT2D eigenvalue weighted by Gasteiger charge is 2.29. The molecule has 0 spiro atoms. The number of benzene rings is 1. The van der Waals surface area contributed by atoms with Crippen molar-refractivity contribution in [3.05, 3.63) is 49.9 Å². The van der Waals surface area contributed by atoms with E-state index in [1.54, 1.807) is 19.1 Å². The largest absolute Gasteiger partial charge is 0.488 e. The van der Waals surface area contributed by atoms with Crippen molar-refractivity contribution in [3.8, 4) is 5.75 Å². The van der Waals surface area contributed by atoms with Gasteiger partial charge in [-0.2, -0.15) is 5.10 Å². The fourth-order valence-corrected chi connectivity index (χ4v) is 4.20. The van der Waals surface area contributed by atoms with Gasteiger partial charge in [-0.15, -0.1) is 0 Å². The van der Waals surface area contributed by atoms with E-state index in [0.29, 0.717) is 17.7 Å². The normalized spacial score (nSPS) is 16.6. The van der Waals surface area contributed by atoms with Gasteiger partial charge >= 0.3 is 0 Å². The highest BCUT2D eigenvalue weighted by atomic mass is 35.5. The molecule has 140 valence electrons. The Kier molecular flexibility index (Phi) is 5.04. The number of hydrogen-bond donors (Lipinski definition) is 0. The Balaban J connectivity index is 1.88. The minimum Gasteiger partial charge on any atom is -0.488 e. The Hall–Kier alpha value is -1.61. The highest BCUT2D eigenvalue weighted by molar-refractivity contribution is 7.89. The number of fused-ring (bicyclic) bond motifs is 1. The molecule has 2 heterocycles. The lowest BCUT2D eigenvalue weighted by molar-refractivity contribution is 0.200. The molecule has 1 aromatic carbocycles. The van der Waals surface area contributed by atoms with Crippen molar-refractivity contribution in [2.75, 3.05) is 14.1 Å². The quantitative estimate of drug-likeness (QED) is 0.760. The van der Waals surface area contributed by atoms with E-state index in [1.807, 2.05) is 0 Å². The van der Waals surface area contributed by atoms with Crippen LogP contribution in [0.1, 0.15) is 11.1 Å². The molecular formula is C16H17Cl2N3O4S. The summed E-state index contributed by atoms with van der Waals surface area (Å²) in [6, 6.07) is 3.34. The molecule has 7 nitrogen and oxygen atoms in total. The molecule has 1 aromatic heterocycles. The summed E-state index contributed by atoms with van der Waals surface area (Å²) in [5.41, 5.74) is 0.878. The minimum atomic E-state index is -3.54. The Morgan fingerprint density at radius 1 is 1.35 bits per heavy atom. The maximum atomic E-state index is 12.4. The van der Waals surface area contributed by atoms with Crippen LogP contribution in [0, 0.1) is 6.92 Å². The smallest absolute Gasteiger partial charge is 0.287 e. The molecule has 0 aliphatic carbocycles. The summed E-state index contributed by atoms with van der Waals surface area (Å²) in [5, 5.41) is 3.97. The van der Waals surface area contributed by atoms with Gasteiger partial charge in [-0.05, 0) is 30.2 Å². The van der Waals surface area contributed by atoms with Crippen LogP contribution in [0.15, 0.2) is 28.0 Å². The first-order valence-electron chi connectivity index (χ1n) is 7.75. The maximum Gasteiger partial charge on any atom is 0.287 e. The number of aromatic nitrogens is 2. The monoisotopic (exact) mass is 417 g/mol. The topological polar surface area (TPSA) is 81.5 Å². The Labute approximate surface area is 161 Å². The number of hydrogen-bond acceptors (Lipinski definition) is 5. The van der Waals surface area contributed by atoms with Crippen LogP contribution in [0.3, 0.4) is 0 Å². The van der Waals surface area contributed by atoms with Gasteiger partial charge in [0.05, 0.1) is 22.7 Å². The minimum absolute atomic E-state index is 0.0904. The molecule has 1 unspecified atom stereocenters. The van der Waals surface area contributed by atoms with Crippen LogP contribution in [0.5, 0.6) is 5.75 Å². The van der Waals surface area contributed by atoms with Gasteiger partial charge < -0.3 is 4.74 Å². The second kappa shape index (κ2) is 6.84. The fraction of sp³-hybridized carbons (Fsp3) is 0.375. The molecule has 3 rings (SSSR count). The van der Waals surface area contributed by atoms with Crippen molar-refractivity contribution in [2.24, 2.45) is 0 Å². The number of aryl methyl sites for hydroxylation is 1. The Morgan fingerprint density at radius 3 is 2.69 bits per heavy atom. The van der Waals surface area contributed by atoms with Gasteiger partial charge in [-0.25, -0.2) is 17.4 Å². The van der Waals surface area contributed by atoms with E-state index in [1.165, 1.54) is 29.3 Å². The van der Waals surface area contributed by atoms with Crippen LogP contribution in [0.25, 0.3) is 0 Å². The van der Waals surface area contributed by atoms with Crippen molar-refractivity contribution < 1.29 is 13.2 Å². The first-order valence-corrected chi connectivity index (χ1v) is 9.94. The van der Waals surface area contributed by atoms with E-state index >= 15 is 0 Å². The maximum absolute atomic E-state index is 12.4. The summed E-state index contributed by atoms with van der Waals surface area (Å²) in [6.45, 7) is 1.90. The molecule has 0 radical (unpaired) electrons. The van der Waals surface area contributed by atoms with Gasteiger partial charge in [0.15, 0.2) is 0 Å². The molecule has 0 N–H and O–H groups in total. The van der Waals surface area contributed by atoms with E-state index in [9.17, 15) is 13.2 Å². The summed E-state index contributed by atoms with van der Waals surface area (Å²) in [5.74, 6) is 0.610. The van der Waals surface area contributed by atoms with Gasteiger partial charge in [-0.3, -0.25) is 4.79 Å². The summed E-state index contributed by atoms with van der Waals surface area (Å²) in [6.07, 6.45) is 1.41. The lowest BCUT2D eigenvalue weighted by Gasteiger charge is -2.14. The van der Waals surface area contributed by atoms with E-state index in [4.69, 9.17) is 27.9 Å². The van der Waals surface area contributed by atoms with Crippen molar-refractivity contribution in [1.29, 1.82) is 0 Å². The molecule has 1 aliphatic rings. The zero-order chi connectivity index (χ0) is 19.2. The van der Waals surface area contributed by atoms with E-state index in [2.05, 4.69) is 5.10 Å². The molecule has 2 aromatic rings. The Morgan fingerprint density at radius 2 is 2.04 bits per heavy atom. The molecule has 10 heteroatoms. The van der Waals surface area contributed by atoms with Gasteiger partial charge in [0.2, 0.25) is 10.0 Å². The molecular weight excluding hydrogens is 401 g/mol. The van der Waals surface area contributed by atoms with Crippen molar-refractivity contribution in [1.82, 2.24) is 14.1 Å². The van der Waals surface area contributed by atoms with Gasteiger partial charge in [0, 0.05) is 20.5 Å². The van der Waals surface area contributed by atoms with E-state index in [-0.39, 0.29) is 27.6 Å². The van der Waals surface area contributed by atoms with Crippen LogP contribution >= 0.6 is 23.2 Å². The van der Waals surface area contributed by atoms with Crippen molar-refractivity contribution in [2.45, 2.75) is 30.9 Å². The van der Waals surface area contributed by atoms with E-state index in [0.717, 1.165) is 5.56 Å². The molecule has 0 saturated carbocycles. The van der Waals surface area contributed by atoms with Gasteiger partial charge in [0.25, 0.3) is 5.56 Å². The van der Waals surface area contributed by atoms with Gasteiger partial charge in [0.1, 0.15) is 16.9 Å². The standard InChI is InChI=1S/C16H17Cl2N3O4S/c1-9-4-13-10(6-14(9)26(23,24)20(2)3)5-11(25-13)8-21-16(22)15(18)12(17)7-19-21/h4,6-7,11H,5,8H2,1-3H3. The zero-order valence-electron chi connectivity index (χ0n) is 14.4. The van der Waals surface area contributed by atoms with Crippen LogP contribution < -0.4 is 10.3 Å². The summed E-state index contributed by atoms with van der Waals surface area (Å²) < 4.78 is 33.1. The van der Waals surface area contributed by atoms with E-state index < -0.39 is 15.6 Å². The third-order valence-corrected chi connectivity index (χ3v) is 6.88. The number of nitrogens with zero attached hydrogens (tertiary/aromatic N) is 3. The summed E-state index contributed by atoms with van der Waals surface area (Å²) in [7, 11) is -0.565. The highest BCUT2D eigenvalue weighted by Crippen LogP contribution is 2.34. The summed E-state index contributed by atoms with van der Waals surface area (Å²) in [4.78, 5) is 12.4. The van der Waals surface area contributed by atoms with Crippen LogP contribution in [-0.4, -0.2) is 42.7 Å². The Bertz CT molecular complexity index is 1030. The molecule has 0 saturated heterocycles. The SMILES string of the molecule is Cc1cc2c(cc1S(=O)(=O)N(C)C)CC(Cn1ncc(Cl)c(Cl)c1=O)O2. The van der Waals surface area contributed by atoms with Gasteiger partial charge in [-0.1, -0.05) is 23.2 Å². The lowest BCUT2D eigenvalue weighted by atomic mass is 10.1. The number of sulfonamides is 1. The zero-order valence-corrected chi connectivity index (χ0v) is 16.7. The van der Waals surface area contributed by atoms with Crippen LogP contribution in [-0.2, 0) is 23.0 Å². The lowest BCUT2D eigenvalue weighted by Crippen LogP contribution is -2.31. The molecule has 26 heavy (non-hydrogen) atoms.